The highest BCUT2D eigenvalue weighted by Gasteiger charge is 2.17. The van der Waals surface area contributed by atoms with E-state index < -0.39 is 4.92 Å². The third-order valence-corrected chi connectivity index (χ3v) is 4.14. The molecule has 2 aromatic carbocycles. The number of nitro benzene ring substituents is 1. The van der Waals surface area contributed by atoms with Crippen LogP contribution in [0.3, 0.4) is 0 Å². The van der Waals surface area contributed by atoms with Crippen LogP contribution < -0.4 is 0 Å². The minimum atomic E-state index is -0.406. The van der Waals surface area contributed by atoms with Crippen molar-refractivity contribution < 1.29 is 9.31 Å². The van der Waals surface area contributed by atoms with Gasteiger partial charge < -0.3 is 0 Å². The van der Waals surface area contributed by atoms with E-state index in [1.807, 2.05) is 0 Å². The van der Waals surface area contributed by atoms with Gasteiger partial charge in [-0.05, 0) is 30.2 Å². The number of alkyl halides is 1. The maximum atomic E-state index is 13.4. The zero-order valence-electron chi connectivity index (χ0n) is 10.2. The van der Waals surface area contributed by atoms with Crippen LogP contribution in [0, 0.1) is 15.9 Å². The minimum Gasteiger partial charge on any atom is -0.258 e. The van der Waals surface area contributed by atoms with E-state index in [9.17, 15) is 14.5 Å². The molecule has 104 valence electrons. The third kappa shape index (κ3) is 3.64. The first kappa shape index (κ1) is 15.1. The van der Waals surface area contributed by atoms with Crippen LogP contribution >= 0.6 is 31.9 Å². The first-order valence-corrected chi connectivity index (χ1v) is 7.50. The van der Waals surface area contributed by atoms with Crippen molar-refractivity contribution >= 4 is 37.5 Å². The fraction of sp³-hybridized carbons (Fsp3) is 0.143. The van der Waals surface area contributed by atoms with Crippen LogP contribution in [0.4, 0.5) is 10.1 Å². The van der Waals surface area contributed by atoms with E-state index in [1.165, 1.54) is 18.2 Å². The molecule has 2 aromatic rings. The number of halogens is 3. The Labute approximate surface area is 132 Å². The summed E-state index contributed by atoms with van der Waals surface area (Å²) in [6, 6.07) is 11.1. The van der Waals surface area contributed by atoms with Crippen LogP contribution in [0.25, 0.3) is 0 Å². The Balaban J connectivity index is 2.28. The highest BCUT2D eigenvalue weighted by molar-refractivity contribution is 9.10. The summed E-state index contributed by atoms with van der Waals surface area (Å²) in [6.45, 7) is 0. The minimum absolute atomic E-state index is 0.0763. The van der Waals surface area contributed by atoms with E-state index in [0.29, 0.717) is 16.5 Å². The van der Waals surface area contributed by atoms with Crippen molar-refractivity contribution in [2.24, 2.45) is 0 Å². The quantitative estimate of drug-likeness (QED) is 0.402. The Morgan fingerprint density at radius 1 is 1.25 bits per heavy atom. The van der Waals surface area contributed by atoms with Crippen molar-refractivity contribution in [3.05, 3.63) is 74.0 Å². The largest absolute Gasteiger partial charge is 0.272 e. The average Bonchev–Trinajstić information content (AvgIpc) is 2.37. The Morgan fingerprint density at radius 3 is 2.60 bits per heavy atom. The molecule has 0 saturated heterocycles. The van der Waals surface area contributed by atoms with Crippen molar-refractivity contribution in [3.8, 4) is 0 Å². The molecule has 0 spiro atoms. The lowest BCUT2D eigenvalue weighted by Gasteiger charge is -2.11. The Morgan fingerprint density at radius 2 is 1.95 bits per heavy atom. The average molecular weight is 403 g/mol. The lowest BCUT2D eigenvalue weighted by molar-refractivity contribution is -0.385. The van der Waals surface area contributed by atoms with Crippen molar-refractivity contribution in [1.82, 2.24) is 0 Å². The molecule has 1 unspecified atom stereocenters. The first-order valence-electron chi connectivity index (χ1n) is 5.79. The monoisotopic (exact) mass is 401 g/mol. The molecule has 1 atom stereocenters. The predicted octanol–water partition coefficient (Wildman–Crippen LogP) is 5.18. The Bertz CT molecular complexity index is 629. The van der Waals surface area contributed by atoms with Crippen LogP contribution in [0.1, 0.15) is 16.0 Å². The van der Waals surface area contributed by atoms with Crippen molar-refractivity contribution in [1.29, 1.82) is 0 Å². The van der Waals surface area contributed by atoms with Crippen LogP contribution in [0.2, 0.25) is 0 Å². The Kier molecular flexibility index (Phi) is 4.88. The molecule has 0 radical (unpaired) electrons. The fourth-order valence-corrected chi connectivity index (χ4v) is 3.02. The highest BCUT2D eigenvalue weighted by atomic mass is 79.9. The summed E-state index contributed by atoms with van der Waals surface area (Å²) in [5, 5.41) is 11.0. The van der Waals surface area contributed by atoms with Gasteiger partial charge in [0.25, 0.3) is 5.69 Å². The highest BCUT2D eigenvalue weighted by Crippen LogP contribution is 2.32. The van der Waals surface area contributed by atoms with E-state index in [2.05, 4.69) is 31.9 Å². The first-order chi connectivity index (χ1) is 9.47. The van der Waals surface area contributed by atoms with Crippen LogP contribution in [-0.2, 0) is 6.42 Å². The standard InChI is InChI=1S/C14H10Br2FNO2/c15-11-5-10(6-12(17)8-11)13(16)7-9-3-1-2-4-14(9)18(19)20/h1-6,8,13H,7H2. The molecule has 0 aliphatic carbocycles. The topological polar surface area (TPSA) is 43.1 Å². The number of hydrogen-bond acceptors (Lipinski definition) is 2. The van der Waals surface area contributed by atoms with Gasteiger partial charge in [-0.2, -0.15) is 0 Å². The lowest BCUT2D eigenvalue weighted by Crippen LogP contribution is -2.00. The zero-order valence-corrected chi connectivity index (χ0v) is 13.4. The molecule has 0 aromatic heterocycles. The van der Waals surface area contributed by atoms with Crippen molar-refractivity contribution in [2.45, 2.75) is 11.2 Å². The summed E-state index contributed by atoms with van der Waals surface area (Å²) < 4.78 is 14.0. The number of para-hydroxylation sites is 1. The number of hydrogen-bond donors (Lipinski definition) is 0. The van der Waals surface area contributed by atoms with Gasteiger partial charge in [0.15, 0.2) is 0 Å². The summed E-state index contributed by atoms with van der Waals surface area (Å²) in [6.07, 6.45) is 0.410. The van der Waals surface area contributed by atoms with Crippen molar-refractivity contribution in [2.75, 3.05) is 0 Å². The van der Waals surface area contributed by atoms with Gasteiger partial charge in [0.1, 0.15) is 5.82 Å². The Hall–Kier alpha value is -1.27. The third-order valence-electron chi connectivity index (χ3n) is 2.83. The second kappa shape index (κ2) is 6.45. The van der Waals surface area contributed by atoms with Crippen LogP contribution in [-0.4, -0.2) is 4.92 Å². The normalized spacial score (nSPS) is 12.2. The van der Waals surface area contributed by atoms with Gasteiger partial charge in [-0.3, -0.25) is 10.1 Å². The van der Waals surface area contributed by atoms with Gasteiger partial charge in [-0.15, -0.1) is 0 Å². The summed E-state index contributed by atoms with van der Waals surface area (Å²) in [7, 11) is 0. The lowest BCUT2D eigenvalue weighted by atomic mass is 10.0. The van der Waals surface area contributed by atoms with Crippen LogP contribution in [0.15, 0.2) is 46.9 Å². The predicted molar refractivity (Wildman–Crippen MR) is 82.6 cm³/mol. The number of benzene rings is 2. The number of rotatable bonds is 4. The summed E-state index contributed by atoms with van der Waals surface area (Å²) in [4.78, 5) is 10.4. The van der Waals surface area contributed by atoms with Gasteiger partial charge in [-0.25, -0.2) is 4.39 Å². The van der Waals surface area contributed by atoms with Crippen molar-refractivity contribution in [3.63, 3.8) is 0 Å². The molecule has 2 rings (SSSR count). The van der Waals surface area contributed by atoms with E-state index in [4.69, 9.17) is 0 Å². The van der Waals surface area contributed by atoms with Gasteiger partial charge in [0.05, 0.1) is 4.92 Å². The number of nitrogens with zero attached hydrogens (tertiary/aromatic N) is 1. The molecule has 0 aliphatic rings. The molecular weight excluding hydrogens is 393 g/mol. The molecule has 20 heavy (non-hydrogen) atoms. The summed E-state index contributed by atoms with van der Waals surface area (Å²) in [5.74, 6) is -0.346. The van der Waals surface area contributed by atoms with Gasteiger partial charge >= 0.3 is 0 Å². The molecule has 0 saturated carbocycles. The molecule has 0 aliphatic heterocycles. The molecule has 6 heteroatoms. The molecule has 0 N–H and O–H groups in total. The molecule has 0 fully saturated rings. The van der Waals surface area contributed by atoms with Gasteiger partial charge in [0, 0.05) is 20.9 Å². The molecule has 3 nitrogen and oxygen atoms in total. The zero-order chi connectivity index (χ0) is 14.7. The summed E-state index contributed by atoms with van der Waals surface area (Å²) in [5.41, 5.74) is 1.42. The van der Waals surface area contributed by atoms with E-state index in [1.54, 1.807) is 24.3 Å². The summed E-state index contributed by atoms with van der Waals surface area (Å²) >= 11 is 6.70. The number of nitro groups is 1. The molecule has 0 amide bonds. The molecule has 0 heterocycles. The maximum absolute atomic E-state index is 13.4. The molecular formula is C14H10Br2FNO2. The van der Waals surface area contributed by atoms with Crippen LogP contribution in [0.5, 0.6) is 0 Å². The maximum Gasteiger partial charge on any atom is 0.272 e. The molecule has 0 bridgehead atoms. The van der Waals surface area contributed by atoms with Gasteiger partial charge in [0.2, 0.25) is 0 Å². The second-order valence-electron chi connectivity index (χ2n) is 4.26. The van der Waals surface area contributed by atoms with E-state index in [-0.39, 0.29) is 16.3 Å². The SMILES string of the molecule is O=[N+]([O-])c1ccccc1CC(Br)c1cc(F)cc(Br)c1. The smallest absolute Gasteiger partial charge is 0.258 e. The van der Waals surface area contributed by atoms with E-state index in [0.717, 1.165) is 5.56 Å². The second-order valence-corrected chi connectivity index (χ2v) is 6.28. The fourth-order valence-electron chi connectivity index (χ4n) is 1.93. The van der Waals surface area contributed by atoms with Gasteiger partial charge in [-0.1, -0.05) is 50.1 Å². The van der Waals surface area contributed by atoms with E-state index >= 15 is 0 Å².